The summed E-state index contributed by atoms with van der Waals surface area (Å²) in [6, 6.07) is 7.86. The smallest absolute Gasteiger partial charge is 0.164 e. The first kappa shape index (κ1) is 12.1. The minimum atomic E-state index is 0.384. The maximum atomic E-state index is 5.84. The van der Waals surface area contributed by atoms with E-state index < -0.39 is 0 Å². The number of nitrogens with two attached hydrogens (primary N) is 1. The predicted octanol–water partition coefficient (Wildman–Crippen LogP) is 1.71. The molecule has 1 aromatic carbocycles. The average Bonchev–Trinajstić information content (AvgIpc) is 2.69. The van der Waals surface area contributed by atoms with Crippen LogP contribution in [0.1, 0.15) is 17.2 Å². The summed E-state index contributed by atoms with van der Waals surface area (Å²) < 4.78 is 1.79. The maximum Gasteiger partial charge on any atom is 0.164 e. The standard InChI is InChI=1S/C12H15ClN4/c1-17-12(15-11(8-14)16-17)7-4-9-2-5-10(13)6-3-9/h2-3,5-6H,4,7-8,14H2,1H3. The van der Waals surface area contributed by atoms with Crippen LogP contribution in [0, 0.1) is 0 Å². The van der Waals surface area contributed by atoms with Gasteiger partial charge in [0.2, 0.25) is 0 Å². The van der Waals surface area contributed by atoms with Gasteiger partial charge in [0.1, 0.15) is 5.82 Å². The second kappa shape index (κ2) is 5.29. The highest BCUT2D eigenvalue weighted by molar-refractivity contribution is 6.30. The number of hydrogen-bond donors (Lipinski definition) is 1. The van der Waals surface area contributed by atoms with E-state index in [1.807, 2.05) is 31.3 Å². The van der Waals surface area contributed by atoms with Gasteiger partial charge in [0.15, 0.2) is 5.82 Å². The van der Waals surface area contributed by atoms with Gasteiger partial charge in [-0.15, -0.1) is 0 Å². The lowest BCUT2D eigenvalue weighted by Crippen LogP contribution is -2.01. The molecule has 0 saturated heterocycles. The van der Waals surface area contributed by atoms with Crippen LogP contribution in [0.3, 0.4) is 0 Å². The molecule has 4 nitrogen and oxygen atoms in total. The van der Waals surface area contributed by atoms with Gasteiger partial charge in [0.05, 0.1) is 6.54 Å². The normalized spacial score (nSPS) is 10.8. The molecule has 2 aromatic rings. The van der Waals surface area contributed by atoms with Crippen LogP contribution in [0.15, 0.2) is 24.3 Å². The number of aryl methyl sites for hydroxylation is 3. The van der Waals surface area contributed by atoms with Crippen molar-refractivity contribution in [3.63, 3.8) is 0 Å². The van der Waals surface area contributed by atoms with Gasteiger partial charge in [-0.1, -0.05) is 23.7 Å². The molecule has 0 fully saturated rings. The van der Waals surface area contributed by atoms with E-state index in [4.69, 9.17) is 17.3 Å². The molecule has 0 aliphatic rings. The second-order valence-corrected chi connectivity index (χ2v) is 4.33. The number of aromatic nitrogens is 3. The van der Waals surface area contributed by atoms with E-state index in [1.165, 1.54) is 5.56 Å². The van der Waals surface area contributed by atoms with Crippen molar-refractivity contribution in [3.8, 4) is 0 Å². The van der Waals surface area contributed by atoms with E-state index in [2.05, 4.69) is 10.1 Å². The SMILES string of the molecule is Cn1nc(CN)nc1CCc1ccc(Cl)cc1. The Balaban J connectivity index is 2.01. The van der Waals surface area contributed by atoms with E-state index in [9.17, 15) is 0 Å². The van der Waals surface area contributed by atoms with Crippen molar-refractivity contribution >= 4 is 11.6 Å². The Hall–Kier alpha value is -1.39. The van der Waals surface area contributed by atoms with E-state index in [-0.39, 0.29) is 0 Å². The number of nitrogens with zero attached hydrogens (tertiary/aromatic N) is 3. The Morgan fingerprint density at radius 1 is 1.24 bits per heavy atom. The molecule has 0 radical (unpaired) electrons. The van der Waals surface area contributed by atoms with Gasteiger partial charge in [-0.25, -0.2) is 4.98 Å². The highest BCUT2D eigenvalue weighted by Crippen LogP contribution is 2.11. The predicted molar refractivity (Wildman–Crippen MR) is 67.8 cm³/mol. The van der Waals surface area contributed by atoms with Crippen LogP contribution in [-0.2, 0) is 26.4 Å². The number of halogens is 1. The molecule has 2 N–H and O–H groups in total. The third-order valence-corrected chi connectivity index (χ3v) is 2.88. The molecule has 0 atom stereocenters. The van der Waals surface area contributed by atoms with E-state index >= 15 is 0 Å². The van der Waals surface area contributed by atoms with Gasteiger partial charge >= 0.3 is 0 Å². The first-order chi connectivity index (χ1) is 8.19. The highest BCUT2D eigenvalue weighted by Gasteiger charge is 2.05. The molecule has 0 aliphatic carbocycles. The Labute approximate surface area is 105 Å². The van der Waals surface area contributed by atoms with Crippen LogP contribution < -0.4 is 5.73 Å². The maximum absolute atomic E-state index is 5.84. The summed E-state index contributed by atoms with van der Waals surface area (Å²) in [6.07, 6.45) is 1.78. The van der Waals surface area contributed by atoms with E-state index in [1.54, 1.807) is 4.68 Å². The number of hydrogen-bond acceptors (Lipinski definition) is 3. The fourth-order valence-corrected chi connectivity index (χ4v) is 1.81. The number of benzene rings is 1. The molecule has 0 aliphatic heterocycles. The summed E-state index contributed by atoms with van der Waals surface area (Å²) in [5.41, 5.74) is 6.75. The van der Waals surface area contributed by atoms with Crippen LogP contribution in [0.25, 0.3) is 0 Å². The third-order valence-electron chi connectivity index (χ3n) is 2.63. The van der Waals surface area contributed by atoms with Gasteiger partial charge in [0, 0.05) is 18.5 Å². The Morgan fingerprint density at radius 3 is 2.53 bits per heavy atom. The van der Waals surface area contributed by atoms with Crippen LogP contribution >= 0.6 is 11.6 Å². The first-order valence-electron chi connectivity index (χ1n) is 5.52. The fourth-order valence-electron chi connectivity index (χ4n) is 1.69. The zero-order valence-electron chi connectivity index (χ0n) is 9.73. The van der Waals surface area contributed by atoms with Crippen LogP contribution in [0.4, 0.5) is 0 Å². The van der Waals surface area contributed by atoms with Gasteiger partial charge in [-0.3, -0.25) is 4.68 Å². The summed E-state index contributed by atoms with van der Waals surface area (Å²) in [5.74, 6) is 1.65. The van der Waals surface area contributed by atoms with Crippen molar-refractivity contribution in [3.05, 3.63) is 46.5 Å². The molecule has 0 amide bonds. The molecule has 0 unspecified atom stereocenters. The lowest BCUT2D eigenvalue weighted by Gasteiger charge is -2.01. The van der Waals surface area contributed by atoms with Crippen molar-refractivity contribution in [2.24, 2.45) is 12.8 Å². The van der Waals surface area contributed by atoms with Gasteiger partial charge in [-0.05, 0) is 24.1 Å². The molecule has 0 bridgehead atoms. The van der Waals surface area contributed by atoms with Gasteiger partial charge in [0.25, 0.3) is 0 Å². The first-order valence-corrected chi connectivity index (χ1v) is 5.90. The molecule has 0 spiro atoms. The number of rotatable bonds is 4. The summed E-state index contributed by atoms with van der Waals surface area (Å²) in [4.78, 5) is 4.36. The molecule has 17 heavy (non-hydrogen) atoms. The Morgan fingerprint density at radius 2 is 1.94 bits per heavy atom. The average molecular weight is 251 g/mol. The zero-order valence-corrected chi connectivity index (χ0v) is 10.5. The Kier molecular flexibility index (Phi) is 3.76. The molecule has 90 valence electrons. The molecule has 1 heterocycles. The molecule has 2 rings (SSSR count). The molecule has 0 saturated carbocycles. The summed E-state index contributed by atoms with van der Waals surface area (Å²) in [7, 11) is 1.89. The largest absolute Gasteiger partial charge is 0.324 e. The summed E-state index contributed by atoms with van der Waals surface area (Å²) in [6.45, 7) is 0.384. The third kappa shape index (κ3) is 3.05. The van der Waals surface area contributed by atoms with Crippen LogP contribution in [0.2, 0.25) is 5.02 Å². The fraction of sp³-hybridized carbons (Fsp3) is 0.333. The molecular weight excluding hydrogens is 236 g/mol. The Bertz CT molecular complexity index is 490. The topological polar surface area (TPSA) is 56.7 Å². The molecular formula is C12H15ClN4. The van der Waals surface area contributed by atoms with Gasteiger partial charge < -0.3 is 5.73 Å². The van der Waals surface area contributed by atoms with Crippen molar-refractivity contribution < 1.29 is 0 Å². The van der Waals surface area contributed by atoms with Crippen molar-refractivity contribution in [1.82, 2.24) is 14.8 Å². The quantitative estimate of drug-likeness (QED) is 0.899. The van der Waals surface area contributed by atoms with Gasteiger partial charge in [-0.2, -0.15) is 5.10 Å². The lowest BCUT2D eigenvalue weighted by atomic mass is 10.1. The summed E-state index contributed by atoms with van der Waals surface area (Å²) >= 11 is 5.84. The van der Waals surface area contributed by atoms with Crippen molar-refractivity contribution in [1.29, 1.82) is 0 Å². The van der Waals surface area contributed by atoms with E-state index in [0.29, 0.717) is 12.4 Å². The summed E-state index contributed by atoms with van der Waals surface area (Å²) in [5, 5.41) is 4.98. The molecule has 5 heteroatoms. The minimum Gasteiger partial charge on any atom is -0.324 e. The van der Waals surface area contributed by atoms with Crippen LogP contribution in [0.5, 0.6) is 0 Å². The lowest BCUT2D eigenvalue weighted by molar-refractivity contribution is 0.686. The highest BCUT2D eigenvalue weighted by atomic mass is 35.5. The zero-order chi connectivity index (χ0) is 12.3. The van der Waals surface area contributed by atoms with E-state index in [0.717, 1.165) is 23.7 Å². The van der Waals surface area contributed by atoms with Crippen molar-refractivity contribution in [2.45, 2.75) is 19.4 Å². The minimum absolute atomic E-state index is 0.384. The van der Waals surface area contributed by atoms with Crippen LogP contribution in [-0.4, -0.2) is 14.8 Å². The second-order valence-electron chi connectivity index (χ2n) is 3.90. The van der Waals surface area contributed by atoms with Crippen molar-refractivity contribution in [2.75, 3.05) is 0 Å². The monoisotopic (exact) mass is 250 g/mol. The molecule has 1 aromatic heterocycles.